The molecule has 0 radical (unpaired) electrons. The summed E-state index contributed by atoms with van der Waals surface area (Å²) in [5, 5.41) is 11.7. The molecular formula is C16H19N3O2. The second-order valence-electron chi connectivity index (χ2n) is 5.19. The highest BCUT2D eigenvalue weighted by molar-refractivity contribution is 5.95. The maximum absolute atomic E-state index is 12.1. The van der Waals surface area contributed by atoms with Gasteiger partial charge in [0, 0.05) is 13.0 Å². The van der Waals surface area contributed by atoms with Gasteiger partial charge in [-0.1, -0.05) is 25.0 Å². The van der Waals surface area contributed by atoms with Crippen molar-refractivity contribution in [3.63, 3.8) is 0 Å². The maximum atomic E-state index is 12.1. The molecule has 1 aromatic carbocycles. The largest absolute Gasteiger partial charge is 0.333 e. The van der Waals surface area contributed by atoms with E-state index in [0.29, 0.717) is 24.2 Å². The minimum atomic E-state index is -0.258. The molecule has 0 saturated carbocycles. The van der Waals surface area contributed by atoms with E-state index in [-0.39, 0.29) is 18.4 Å². The fraction of sp³-hybridized carbons (Fsp3) is 0.438. The molecule has 21 heavy (non-hydrogen) atoms. The number of benzene rings is 1. The predicted molar refractivity (Wildman–Crippen MR) is 79.5 cm³/mol. The van der Waals surface area contributed by atoms with Crippen LogP contribution in [0.2, 0.25) is 0 Å². The van der Waals surface area contributed by atoms with Crippen LogP contribution in [0.5, 0.6) is 0 Å². The monoisotopic (exact) mass is 285 g/mol. The smallest absolute Gasteiger partial charge is 0.244 e. The van der Waals surface area contributed by atoms with Gasteiger partial charge in [0.1, 0.15) is 6.07 Å². The number of hydrogen-bond donors (Lipinski definition) is 1. The Balaban J connectivity index is 1.97. The van der Waals surface area contributed by atoms with Crippen molar-refractivity contribution in [3.05, 3.63) is 29.8 Å². The molecule has 1 aromatic rings. The van der Waals surface area contributed by atoms with Gasteiger partial charge in [-0.3, -0.25) is 9.59 Å². The first-order chi connectivity index (χ1) is 10.2. The van der Waals surface area contributed by atoms with Gasteiger partial charge in [0.15, 0.2) is 0 Å². The Hall–Kier alpha value is -2.35. The highest BCUT2D eigenvalue weighted by atomic mass is 16.2. The zero-order valence-electron chi connectivity index (χ0n) is 12.0. The number of carbonyl (C=O) groups is 2. The second kappa shape index (κ2) is 7.44. The minimum Gasteiger partial charge on any atom is -0.333 e. The first kappa shape index (κ1) is 15.0. The van der Waals surface area contributed by atoms with Gasteiger partial charge in [0.2, 0.25) is 11.8 Å². The number of para-hydroxylation sites is 1. The lowest BCUT2D eigenvalue weighted by Gasteiger charge is -2.24. The number of nitriles is 1. The normalized spacial score (nSPS) is 15.8. The fourth-order valence-corrected chi connectivity index (χ4v) is 2.44. The second-order valence-corrected chi connectivity index (χ2v) is 5.19. The van der Waals surface area contributed by atoms with Crippen molar-refractivity contribution in [1.29, 1.82) is 5.26 Å². The summed E-state index contributed by atoms with van der Waals surface area (Å²) >= 11 is 0. The summed E-state index contributed by atoms with van der Waals surface area (Å²) in [7, 11) is 0. The van der Waals surface area contributed by atoms with Gasteiger partial charge in [-0.2, -0.15) is 5.26 Å². The Morgan fingerprint density at radius 2 is 2.00 bits per heavy atom. The van der Waals surface area contributed by atoms with E-state index in [2.05, 4.69) is 5.32 Å². The Kier molecular flexibility index (Phi) is 5.33. The molecule has 5 nitrogen and oxygen atoms in total. The number of rotatable bonds is 3. The van der Waals surface area contributed by atoms with Crippen LogP contribution in [-0.4, -0.2) is 29.8 Å². The Morgan fingerprint density at radius 3 is 2.81 bits per heavy atom. The Morgan fingerprint density at radius 1 is 1.24 bits per heavy atom. The number of hydrogen-bond acceptors (Lipinski definition) is 3. The van der Waals surface area contributed by atoms with Gasteiger partial charge in [-0.05, 0) is 25.0 Å². The third-order valence-electron chi connectivity index (χ3n) is 3.58. The summed E-state index contributed by atoms with van der Waals surface area (Å²) in [5.74, 6) is -0.218. The van der Waals surface area contributed by atoms with E-state index in [0.717, 1.165) is 25.7 Å². The highest BCUT2D eigenvalue weighted by Gasteiger charge is 2.18. The van der Waals surface area contributed by atoms with Crippen LogP contribution < -0.4 is 5.32 Å². The van der Waals surface area contributed by atoms with Gasteiger partial charge in [-0.25, -0.2) is 0 Å². The van der Waals surface area contributed by atoms with Gasteiger partial charge >= 0.3 is 0 Å². The topological polar surface area (TPSA) is 73.2 Å². The first-order valence-corrected chi connectivity index (χ1v) is 7.27. The predicted octanol–water partition coefficient (Wildman–Crippen LogP) is 2.29. The van der Waals surface area contributed by atoms with Crippen LogP contribution in [0.25, 0.3) is 0 Å². The number of nitrogens with one attached hydrogen (secondary N) is 1. The molecule has 1 aliphatic rings. The Bertz CT molecular complexity index is 563. The van der Waals surface area contributed by atoms with Crippen molar-refractivity contribution in [2.45, 2.75) is 32.1 Å². The third-order valence-corrected chi connectivity index (χ3v) is 3.58. The SMILES string of the molecule is N#Cc1ccccc1NC(=O)CN1CCCCCCC1=O. The van der Waals surface area contributed by atoms with Crippen LogP contribution in [0.3, 0.4) is 0 Å². The molecule has 2 amide bonds. The molecule has 0 aliphatic carbocycles. The lowest BCUT2D eigenvalue weighted by atomic mass is 10.1. The van der Waals surface area contributed by atoms with E-state index in [1.165, 1.54) is 0 Å². The molecule has 5 heteroatoms. The number of carbonyl (C=O) groups excluding carboxylic acids is 2. The van der Waals surface area contributed by atoms with Crippen LogP contribution in [0.4, 0.5) is 5.69 Å². The molecule has 1 saturated heterocycles. The van der Waals surface area contributed by atoms with Crippen molar-refractivity contribution in [2.75, 3.05) is 18.4 Å². The quantitative estimate of drug-likeness (QED) is 0.926. The summed E-state index contributed by atoms with van der Waals surface area (Å²) in [5.41, 5.74) is 0.911. The van der Waals surface area contributed by atoms with Crippen molar-refractivity contribution < 1.29 is 9.59 Å². The maximum Gasteiger partial charge on any atom is 0.244 e. The van der Waals surface area contributed by atoms with Crippen LogP contribution in [0, 0.1) is 11.3 Å². The van der Waals surface area contributed by atoms with Crippen LogP contribution in [0.15, 0.2) is 24.3 Å². The molecule has 0 atom stereocenters. The zero-order valence-corrected chi connectivity index (χ0v) is 12.0. The molecule has 0 unspecified atom stereocenters. The summed E-state index contributed by atoms with van der Waals surface area (Å²) < 4.78 is 0. The van der Waals surface area contributed by atoms with Gasteiger partial charge in [0.25, 0.3) is 0 Å². The van der Waals surface area contributed by atoms with Crippen molar-refractivity contribution >= 4 is 17.5 Å². The summed E-state index contributed by atoms with van der Waals surface area (Å²) in [4.78, 5) is 25.7. The molecule has 0 aromatic heterocycles. The standard InChI is InChI=1S/C16H19N3O2/c17-11-13-7-4-5-8-14(13)18-15(20)12-19-10-6-2-1-3-9-16(19)21/h4-5,7-8H,1-3,6,9-10,12H2,(H,18,20). The first-order valence-electron chi connectivity index (χ1n) is 7.27. The molecular weight excluding hydrogens is 266 g/mol. The fourth-order valence-electron chi connectivity index (χ4n) is 2.44. The van der Waals surface area contributed by atoms with E-state index < -0.39 is 0 Å². The van der Waals surface area contributed by atoms with Crippen molar-refractivity contribution in [1.82, 2.24) is 4.90 Å². The third kappa shape index (κ3) is 4.32. The molecule has 2 rings (SSSR count). The van der Waals surface area contributed by atoms with Crippen LogP contribution in [-0.2, 0) is 9.59 Å². The van der Waals surface area contributed by atoms with E-state index in [1.54, 1.807) is 29.2 Å². The Labute approximate surface area is 124 Å². The zero-order chi connectivity index (χ0) is 15.1. The number of anilines is 1. The number of nitrogens with zero attached hydrogens (tertiary/aromatic N) is 2. The minimum absolute atomic E-state index is 0.0402. The van der Waals surface area contributed by atoms with E-state index in [1.807, 2.05) is 6.07 Å². The van der Waals surface area contributed by atoms with E-state index in [9.17, 15) is 9.59 Å². The summed E-state index contributed by atoms with van der Waals surface area (Å²) in [6.07, 6.45) is 4.54. The van der Waals surface area contributed by atoms with Crippen molar-refractivity contribution in [3.8, 4) is 6.07 Å². The van der Waals surface area contributed by atoms with Gasteiger partial charge in [-0.15, -0.1) is 0 Å². The summed E-state index contributed by atoms with van der Waals surface area (Å²) in [6, 6.07) is 8.88. The lowest BCUT2D eigenvalue weighted by Crippen LogP contribution is -2.39. The average molecular weight is 285 g/mol. The molecule has 1 aliphatic heterocycles. The highest BCUT2D eigenvalue weighted by Crippen LogP contribution is 2.15. The molecule has 1 heterocycles. The lowest BCUT2D eigenvalue weighted by molar-refractivity contribution is -0.135. The van der Waals surface area contributed by atoms with Gasteiger partial charge in [0.05, 0.1) is 17.8 Å². The molecule has 1 fully saturated rings. The van der Waals surface area contributed by atoms with E-state index in [4.69, 9.17) is 5.26 Å². The molecule has 110 valence electrons. The number of amides is 2. The molecule has 0 spiro atoms. The number of likely N-dealkylation sites (tertiary alicyclic amines) is 1. The van der Waals surface area contributed by atoms with Crippen LogP contribution in [0.1, 0.15) is 37.7 Å². The average Bonchev–Trinajstić information content (AvgIpc) is 2.47. The summed E-state index contributed by atoms with van der Waals surface area (Å²) in [6.45, 7) is 0.685. The molecule has 0 bridgehead atoms. The van der Waals surface area contributed by atoms with Gasteiger partial charge < -0.3 is 10.2 Å². The van der Waals surface area contributed by atoms with Crippen LogP contribution >= 0.6 is 0 Å². The van der Waals surface area contributed by atoms with E-state index >= 15 is 0 Å². The van der Waals surface area contributed by atoms with Crippen molar-refractivity contribution in [2.24, 2.45) is 0 Å². The molecule has 1 N–H and O–H groups in total.